The third kappa shape index (κ3) is 3.49. The molecule has 2 aromatic carbocycles. The summed E-state index contributed by atoms with van der Waals surface area (Å²) in [5, 5.41) is 19.3. The molecule has 2 atom stereocenters. The highest BCUT2D eigenvalue weighted by molar-refractivity contribution is 6.31. The van der Waals surface area contributed by atoms with Gasteiger partial charge in [-0.3, -0.25) is 4.79 Å². The van der Waals surface area contributed by atoms with Gasteiger partial charge >= 0.3 is 5.97 Å². The molecule has 0 spiro atoms. The number of aliphatic carboxylic acids is 1. The number of hydrogen-bond acceptors (Lipinski definition) is 3. The second-order valence-electron chi connectivity index (χ2n) is 5.64. The molecule has 0 radical (unpaired) electrons. The molecule has 5 heteroatoms. The molecule has 0 aliphatic heterocycles. The van der Waals surface area contributed by atoms with Crippen LogP contribution in [0.3, 0.4) is 0 Å². The van der Waals surface area contributed by atoms with E-state index in [0.717, 1.165) is 29.0 Å². The molecular formula is C18H17ClO4. The summed E-state index contributed by atoms with van der Waals surface area (Å²) in [6.07, 6.45) is 0.428. The van der Waals surface area contributed by atoms with E-state index in [2.05, 4.69) is 0 Å². The second-order valence-corrected chi connectivity index (χ2v) is 6.04. The molecular weight excluding hydrogens is 316 g/mol. The Labute approximate surface area is 139 Å². The number of ether oxygens (including phenoxy) is 1. The number of aliphatic hydroxyl groups is 1. The SMILES string of the molecule is O=C(O)C[C@H](O)c1ccc(O[C@H]2CCc3c(Cl)cccc32)cc1. The van der Waals surface area contributed by atoms with Crippen molar-refractivity contribution in [2.75, 3.05) is 0 Å². The molecule has 0 amide bonds. The van der Waals surface area contributed by atoms with Crippen LogP contribution in [0.2, 0.25) is 5.02 Å². The molecule has 1 aliphatic rings. The van der Waals surface area contributed by atoms with E-state index in [-0.39, 0.29) is 12.5 Å². The summed E-state index contributed by atoms with van der Waals surface area (Å²) in [5.74, 6) is -0.341. The average Bonchev–Trinajstić information content (AvgIpc) is 2.92. The maximum Gasteiger partial charge on any atom is 0.306 e. The number of aliphatic hydroxyl groups excluding tert-OH is 1. The van der Waals surface area contributed by atoms with Crippen LogP contribution in [0.25, 0.3) is 0 Å². The summed E-state index contributed by atoms with van der Waals surface area (Å²) in [6.45, 7) is 0. The zero-order valence-corrected chi connectivity index (χ0v) is 13.2. The van der Waals surface area contributed by atoms with E-state index in [1.807, 2.05) is 18.2 Å². The van der Waals surface area contributed by atoms with Crippen LogP contribution >= 0.6 is 11.6 Å². The summed E-state index contributed by atoms with van der Waals surface area (Å²) in [7, 11) is 0. The first-order valence-electron chi connectivity index (χ1n) is 7.48. The van der Waals surface area contributed by atoms with Crippen LogP contribution in [-0.4, -0.2) is 16.2 Å². The molecule has 4 nitrogen and oxygen atoms in total. The number of rotatable bonds is 5. The summed E-state index contributed by atoms with van der Waals surface area (Å²) in [4.78, 5) is 10.6. The summed E-state index contributed by atoms with van der Waals surface area (Å²) in [5.41, 5.74) is 2.83. The molecule has 2 aromatic rings. The first kappa shape index (κ1) is 15.8. The third-order valence-electron chi connectivity index (χ3n) is 4.07. The maximum absolute atomic E-state index is 10.6. The molecule has 0 saturated heterocycles. The average molecular weight is 333 g/mol. The van der Waals surface area contributed by atoms with Crippen molar-refractivity contribution in [3.63, 3.8) is 0 Å². The number of benzene rings is 2. The lowest BCUT2D eigenvalue weighted by molar-refractivity contribution is -0.139. The molecule has 0 aromatic heterocycles. The van der Waals surface area contributed by atoms with Crippen molar-refractivity contribution in [3.8, 4) is 5.75 Å². The Balaban J connectivity index is 1.71. The number of hydrogen-bond donors (Lipinski definition) is 2. The molecule has 120 valence electrons. The molecule has 23 heavy (non-hydrogen) atoms. The van der Waals surface area contributed by atoms with Crippen LogP contribution in [0.4, 0.5) is 0 Å². The quantitative estimate of drug-likeness (QED) is 0.871. The van der Waals surface area contributed by atoms with E-state index >= 15 is 0 Å². The normalized spacial score (nSPS) is 17.6. The lowest BCUT2D eigenvalue weighted by Gasteiger charge is -2.16. The third-order valence-corrected chi connectivity index (χ3v) is 4.42. The number of carboxylic acids is 1. The highest BCUT2D eigenvalue weighted by atomic mass is 35.5. The Hall–Kier alpha value is -2.04. The minimum absolute atomic E-state index is 0.0292. The van der Waals surface area contributed by atoms with Crippen molar-refractivity contribution >= 4 is 17.6 Å². The minimum Gasteiger partial charge on any atom is -0.486 e. The molecule has 2 N–H and O–H groups in total. The number of carboxylic acid groups (broad SMARTS) is 1. The molecule has 0 saturated carbocycles. The fourth-order valence-corrected chi connectivity index (χ4v) is 3.19. The van der Waals surface area contributed by atoms with E-state index in [0.29, 0.717) is 11.3 Å². The number of carbonyl (C=O) groups is 1. The number of halogens is 1. The standard InChI is InChI=1S/C18H17ClO4/c19-15-3-1-2-14-13(15)8-9-17(14)23-12-6-4-11(5-7-12)16(20)10-18(21)22/h1-7,16-17,20H,8-10H2,(H,21,22)/t16-,17-/m0/s1. The predicted octanol–water partition coefficient (Wildman–Crippen LogP) is 3.91. The molecule has 0 bridgehead atoms. The minimum atomic E-state index is -1.03. The summed E-state index contributed by atoms with van der Waals surface area (Å²) < 4.78 is 6.02. The Morgan fingerprint density at radius 2 is 2.00 bits per heavy atom. The van der Waals surface area contributed by atoms with Gasteiger partial charge in [-0.1, -0.05) is 35.9 Å². The Morgan fingerprint density at radius 3 is 2.70 bits per heavy atom. The lowest BCUT2D eigenvalue weighted by atomic mass is 10.1. The molecule has 0 unspecified atom stereocenters. The van der Waals surface area contributed by atoms with Crippen molar-refractivity contribution in [1.29, 1.82) is 0 Å². The van der Waals surface area contributed by atoms with Gasteiger partial charge in [-0.15, -0.1) is 0 Å². The first-order valence-corrected chi connectivity index (χ1v) is 7.86. The van der Waals surface area contributed by atoms with E-state index in [4.69, 9.17) is 21.4 Å². The van der Waals surface area contributed by atoms with Crippen molar-refractivity contribution in [2.45, 2.75) is 31.5 Å². The van der Waals surface area contributed by atoms with Crippen molar-refractivity contribution in [2.24, 2.45) is 0 Å². The van der Waals surface area contributed by atoms with Crippen molar-refractivity contribution in [3.05, 3.63) is 64.2 Å². The molecule has 1 aliphatic carbocycles. The van der Waals surface area contributed by atoms with E-state index in [1.54, 1.807) is 24.3 Å². The zero-order chi connectivity index (χ0) is 16.4. The van der Waals surface area contributed by atoms with Crippen LogP contribution in [0.1, 0.15) is 41.7 Å². The Bertz CT molecular complexity index is 711. The van der Waals surface area contributed by atoms with Gasteiger partial charge in [0.05, 0.1) is 12.5 Å². The molecule has 0 heterocycles. The van der Waals surface area contributed by atoms with Crippen LogP contribution in [-0.2, 0) is 11.2 Å². The highest BCUT2D eigenvalue weighted by Gasteiger charge is 2.25. The smallest absolute Gasteiger partial charge is 0.306 e. The highest BCUT2D eigenvalue weighted by Crippen LogP contribution is 2.38. The van der Waals surface area contributed by atoms with Crippen molar-refractivity contribution in [1.82, 2.24) is 0 Å². The van der Waals surface area contributed by atoms with Gasteiger partial charge in [0, 0.05) is 5.02 Å². The first-order chi connectivity index (χ1) is 11.0. The van der Waals surface area contributed by atoms with Gasteiger partial charge in [0.2, 0.25) is 0 Å². The van der Waals surface area contributed by atoms with Gasteiger partial charge in [0.1, 0.15) is 11.9 Å². The van der Waals surface area contributed by atoms with Gasteiger partial charge in [0.25, 0.3) is 0 Å². The summed E-state index contributed by atoms with van der Waals surface area (Å²) in [6, 6.07) is 12.7. The molecule has 3 rings (SSSR count). The van der Waals surface area contributed by atoms with Gasteiger partial charge in [-0.05, 0) is 47.7 Å². The van der Waals surface area contributed by atoms with Crippen LogP contribution < -0.4 is 4.74 Å². The zero-order valence-electron chi connectivity index (χ0n) is 12.4. The van der Waals surface area contributed by atoms with E-state index < -0.39 is 12.1 Å². The van der Waals surface area contributed by atoms with Crippen LogP contribution in [0, 0.1) is 0 Å². The fourth-order valence-electron chi connectivity index (χ4n) is 2.91. The Kier molecular flexibility index (Phi) is 4.55. The fraction of sp³-hybridized carbons (Fsp3) is 0.278. The van der Waals surface area contributed by atoms with E-state index in [1.165, 1.54) is 0 Å². The number of fused-ring (bicyclic) bond motifs is 1. The maximum atomic E-state index is 10.6. The van der Waals surface area contributed by atoms with Crippen LogP contribution in [0.5, 0.6) is 5.75 Å². The van der Waals surface area contributed by atoms with Gasteiger partial charge < -0.3 is 14.9 Å². The Morgan fingerprint density at radius 1 is 1.26 bits per heavy atom. The predicted molar refractivity (Wildman–Crippen MR) is 86.8 cm³/mol. The monoisotopic (exact) mass is 332 g/mol. The van der Waals surface area contributed by atoms with E-state index in [9.17, 15) is 9.90 Å². The van der Waals surface area contributed by atoms with Crippen LogP contribution in [0.15, 0.2) is 42.5 Å². The van der Waals surface area contributed by atoms with Gasteiger partial charge in [-0.2, -0.15) is 0 Å². The van der Waals surface area contributed by atoms with Crippen molar-refractivity contribution < 1.29 is 19.7 Å². The topological polar surface area (TPSA) is 66.8 Å². The molecule has 0 fully saturated rings. The van der Waals surface area contributed by atoms with Gasteiger partial charge in [-0.25, -0.2) is 0 Å². The lowest BCUT2D eigenvalue weighted by Crippen LogP contribution is -2.06. The largest absolute Gasteiger partial charge is 0.486 e. The summed E-state index contributed by atoms with van der Waals surface area (Å²) >= 11 is 6.20. The second kappa shape index (κ2) is 6.60. The van der Waals surface area contributed by atoms with Gasteiger partial charge in [0.15, 0.2) is 0 Å².